The molecule has 126 valence electrons. The van der Waals surface area contributed by atoms with E-state index in [1.807, 2.05) is 0 Å². The first-order chi connectivity index (χ1) is 11.5. The summed E-state index contributed by atoms with van der Waals surface area (Å²) in [7, 11) is 1.45. The lowest BCUT2D eigenvalue weighted by Gasteiger charge is -2.13. The van der Waals surface area contributed by atoms with Crippen LogP contribution in [0.25, 0.3) is 0 Å². The van der Waals surface area contributed by atoms with Crippen LogP contribution in [0.4, 0.5) is 11.4 Å². The van der Waals surface area contributed by atoms with Gasteiger partial charge in [0.25, 0.3) is 5.69 Å². The highest BCUT2D eigenvalue weighted by molar-refractivity contribution is 6.39. The van der Waals surface area contributed by atoms with Crippen LogP contribution in [0.3, 0.4) is 0 Å². The first kappa shape index (κ1) is 17.2. The molecule has 1 aromatic carbocycles. The molecular formula is C15H15N3O6. The summed E-state index contributed by atoms with van der Waals surface area (Å²) in [5.74, 6) is -1.23. The third kappa shape index (κ3) is 4.40. The predicted octanol–water partition coefficient (Wildman–Crippen LogP) is 1.63. The number of benzene rings is 1. The largest absolute Gasteiger partial charge is 0.467 e. The number of amides is 2. The van der Waals surface area contributed by atoms with Crippen molar-refractivity contribution in [3.63, 3.8) is 0 Å². The molecule has 0 bridgehead atoms. The second-order valence-electron chi connectivity index (χ2n) is 4.71. The van der Waals surface area contributed by atoms with E-state index < -0.39 is 22.8 Å². The molecule has 0 radical (unpaired) electrons. The van der Waals surface area contributed by atoms with E-state index >= 15 is 0 Å². The maximum Gasteiger partial charge on any atom is 0.313 e. The standard InChI is InChI=1S/C15H15N3O6/c1-23-13(12-3-2-8-24-12)9-16-14(19)15(20)17-10-4-6-11(7-5-10)18(21)22/h2-8,13H,9H2,1H3,(H,16,19)(H,17,20). The van der Waals surface area contributed by atoms with E-state index in [4.69, 9.17) is 9.15 Å². The number of rotatable bonds is 6. The number of methoxy groups -OCH3 is 1. The highest BCUT2D eigenvalue weighted by Crippen LogP contribution is 2.16. The van der Waals surface area contributed by atoms with E-state index in [-0.39, 0.29) is 17.9 Å². The number of nitrogens with zero attached hydrogens (tertiary/aromatic N) is 1. The predicted molar refractivity (Wildman–Crippen MR) is 83.2 cm³/mol. The van der Waals surface area contributed by atoms with Gasteiger partial charge in [0, 0.05) is 24.9 Å². The summed E-state index contributed by atoms with van der Waals surface area (Å²) in [5.41, 5.74) is 0.161. The van der Waals surface area contributed by atoms with Gasteiger partial charge in [0.2, 0.25) is 0 Å². The molecule has 24 heavy (non-hydrogen) atoms. The first-order valence-electron chi connectivity index (χ1n) is 6.91. The number of anilines is 1. The van der Waals surface area contributed by atoms with Crippen molar-refractivity contribution in [2.45, 2.75) is 6.10 Å². The fourth-order valence-corrected chi connectivity index (χ4v) is 1.89. The molecule has 9 nitrogen and oxygen atoms in total. The molecule has 1 heterocycles. The van der Waals surface area contributed by atoms with Gasteiger partial charge >= 0.3 is 11.8 Å². The van der Waals surface area contributed by atoms with Gasteiger partial charge in [0.1, 0.15) is 11.9 Å². The van der Waals surface area contributed by atoms with Gasteiger partial charge in [-0.3, -0.25) is 19.7 Å². The summed E-state index contributed by atoms with van der Waals surface area (Å²) in [6.45, 7) is 0.0521. The zero-order valence-corrected chi connectivity index (χ0v) is 12.7. The SMILES string of the molecule is COC(CNC(=O)C(=O)Nc1ccc([N+](=O)[O-])cc1)c1ccco1. The van der Waals surface area contributed by atoms with E-state index in [0.29, 0.717) is 5.76 Å². The van der Waals surface area contributed by atoms with Crippen molar-refractivity contribution in [3.8, 4) is 0 Å². The minimum Gasteiger partial charge on any atom is -0.467 e. The van der Waals surface area contributed by atoms with Gasteiger partial charge in [-0.1, -0.05) is 0 Å². The van der Waals surface area contributed by atoms with Crippen LogP contribution in [0.1, 0.15) is 11.9 Å². The number of nitro groups is 1. The van der Waals surface area contributed by atoms with Crippen LogP contribution in [0.15, 0.2) is 47.1 Å². The van der Waals surface area contributed by atoms with Crippen LogP contribution in [0.2, 0.25) is 0 Å². The molecule has 0 aliphatic heterocycles. The van der Waals surface area contributed by atoms with E-state index in [0.717, 1.165) is 0 Å². The third-order valence-electron chi connectivity index (χ3n) is 3.14. The van der Waals surface area contributed by atoms with E-state index in [1.165, 1.54) is 37.6 Å². The molecule has 0 spiro atoms. The van der Waals surface area contributed by atoms with Crippen molar-refractivity contribution in [2.24, 2.45) is 0 Å². The summed E-state index contributed by atoms with van der Waals surface area (Å²) < 4.78 is 10.3. The maximum absolute atomic E-state index is 11.8. The Kier molecular flexibility index (Phi) is 5.63. The Morgan fingerprint density at radius 1 is 1.25 bits per heavy atom. The van der Waals surface area contributed by atoms with Crippen LogP contribution in [-0.4, -0.2) is 30.4 Å². The fraction of sp³-hybridized carbons (Fsp3) is 0.200. The Morgan fingerprint density at radius 3 is 2.50 bits per heavy atom. The van der Waals surface area contributed by atoms with E-state index in [1.54, 1.807) is 12.1 Å². The van der Waals surface area contributed by atoms with Crippen molar-refractivity contribution < 1.29 is 23.7 Å². The highest BCUT2D eigenvalue weighted by atomic mass is 16.6. The van der Waals surface area contributed by atoms with Gasteiger partial charge in [0.15, 0.2) is 0 Å². The molecule has 1 aromatic heterocycles. The van der Waals surface area contributed by atoms with Gasteiger partial charge in [-0.25, -0.2) is 0 Å². The first-order valence-corrected chi connectivity index (χ1v) is 6.91. The smallest absolute Gasteiger partial charge is 0.313 e. The van der Waals surface area contributed by atoms with Crippen molar-refractivity contribution in [1.82, 2.24) is 5.32 Å². The maximum atomic E-state index is 11.8. The summed E-state index contributed by atoms with van der Waals surface area (Å²) in [5, 5.41) is 15.3. The fourth-order valence-electron chi connectivity index (χ4n) is 1.89. The van der Waals surface area contributed by atoms with Gasteiger partial charge in [-0.05, 0) is 24.3 Å². The number of nitrogens with one attached hydrogen (secondary N) is 2. The van der Waals surface area contributed by atoms with Crippen LogP contribution in [0.5, 0.6) is 0 Å². The number of nitro benzene ring substituents is 1. The molecular weight excluding hydrogens is 318 g/mol. The van der Waals surface area contributed by atoms with Crippen molar-refractivity contribution in [2.75, 3.05) is 19.0 Å². The number of ether oxygens (including phenoxy) is 1. The molecule has 2 aromatic rings. The average molecular weight is 333 g/mol. The minimum absolute atomic E-state index is 0.0521. The monoisotopic (exact) mass is 333 g/mol. The molecule has 0 aliphatic carbocycles. The minimum atomic E-state index is -0.891. The lowest BCUT2D eigenvalue weighted by molar-refractivity contribution is -0.384. The molecule has 2 amide bonds. The molecule has 1 atom stereocenters. The lowest BCUT2D eigenvalue weighted by Crippen LogP contribution is -2.37. The van der Waals surface area contributed by atoms with Gasteiger partial charge in [-0.15, -0.1) is 0 Å². The van der Waals surface area contributed by atoms with Gasteiger partial charge < -0.3 is 19.8 Å². The van der Waals surface area contributed by atoms with Crippen LogP contribution in [0, 0.1) is 10.1 Å². The zero-order valence-electron chi connectivity index (χ0n) is 12.7. The number of hydrogen-bond donors (Lipinski definition) is 2. The summed E-state index contributed by atoms with van der Waals surface area (Å²) in [4.78, 5) is 33.6. The second-order valence-corrected chi connectivity index (χ2v) is 4.71. The molecule has 0 saturated carbocycles. The van der Waals surface area contributed by atoms with Crippen molar-refractivity contribution >= 4 is 23.2 Å². The topological polar surface area (TPSA) is 124 Å². The molecule has 1 unspecified atom stereocenters. The average Bonchev–Trinajstić information content (AvgIpc) is 3.10. The van der Waals surface area contributed by atoms with Crippen molar-refractivity contribution in [3.05, 3.63) is 58.5 Å². The highest BCUT2D eigenvalue weighted by Gasteiger charge is 2.18. The van der Waals surface area contributed by atoms with Crippen molar-refractivity contribution in [1.29, 1.82) is 0 Å². The quantitative estimate of drug-likeness (QED) is 0.470. The van der Waals surface area contributed by atoms with E-state index in [2.05, 4.69) is 10.6 Å². The van der Waals surface area contributed by atoms with Crippen LogP contribution < -0.4 is 10.6 Å². The summed E-state index contributed by atoms with van der Waals surface area (Å²) in [6, 6.07) is 8.51. The Morgan fingerprint density at radius 2 is 1.96 bits per heavy atom. The number of carbonyl (C=O) groups is 2. The second kappa shape index (κ2) is 7.88. The summed E-state index contributed by atoms with van der Waals surface area (Å²) >= 11 is 0. The number of non-ortho nitro benzene ring substituents is 1. The Labute approximate surface area is 136 Å². The molecule has 2 rings (SSSR count). The Bertz CT molecular complexity index is 711. The number of hydrogen-bond acceptors (Lipinski definition) is 6. The van der Waals surface area contributed by atoms with E-state index in [9.17, 15) is 19.7 Å². The zero-order chi connectivity index (χ0) is 17.5. The molecule has 0 fully saturated rings. The molecule has 2 N–H and O–H groups in total. The molecule has 9 heteroatoms. The van der Waals surface area contributed by atoms with Gasteiger partial charge in [0.05, 0.1) is 17.7 Å². The number of carbonyl (C=O) groups excluding carboxylic acids is 2. The van der Waals surface area contributed by atoms with Crippen LogP contribution >= 0.6 is 0 Å². The normalized spacial score (nSPS) is 11.5. The Hall–Kier alpha value is -3.20. The third-order valence-corrected chi connectivity index (χ3v) is 3.14. The molecule has 0 aliphatic rings. The molecule has 0 saturated heterocycles. The lowest BCUT2D eigenvalue weighted by atomic mass is 10.2. The van der Waals surface area contributed by atoms with Crippen LogP contribution in [-0.2, 0) is 14.3 Å². The van der Waals surface area contributed by atoms with Gasteiger partial charge in [-0.2, -0.15) is 0 Å². The number of furan rings is 1. The Balaban J connectivity index is 1.87. The summed E-state index contributed by atoms with van der Waals surface area (Å²) in [6.07, 6.45) is 0.959.